The van der Waals surface area contributed by atoms with E-state index in [0.29, 0.717) is 0 Å². The number of carbonyl (C=O) groups excluding carboxylic acids is 1. The topological polar surface area (TPSA) is 52.3 Å². The van der Waals surface area contributed by atoms with E-state index in [1.807, 2.05) is 0 Å². The smallest absolute Gasteiger partial charge is 0.353 e. The van der Waals surface area contributed by atoms with E-state index in [1.54, 1.807) is 13.8 Å². The van der Waals surface area contributed by atoms with Crippen molar-refractivity contribution in [1.29, 1.82) is 0 Å². The Morgan fingerprint density at radius 3 is 2.22 bits per heavy atom. The normalized spacial score (nSPS) is 9.22. The van der Waals surface area contributed by atoms with Gasteiger partial charge in [0, 0.05) is 0 Å². The highest BCUT2D eigenvalue weighted by molar-refractivity contribution is 5.86. The maximum absolute atomic E-state index is 10.5. The fourth-order valence-electron chi connectivity index (χ4n) is 0.290. The van der Waals surface area contributed by atoms with Crippen LogP contribution in [0.3, 0.4) is 0 Å². The quantitative estimate of drug-likeness (QED) is 0.434. The molecule has 0 aliphatic rings. The van der Waals surface area contributed by atoms with Crippen LogP contribution in [0.25, 0.3) is 0 Å². The number of hydrogen-bond acceptors (Lipinski definition) is 3. The van der Waals surface area contributed by atoms with Crippen LogP contribution in [0.15, 0.2) is 12.3 Å². The molecule has 0 aromatic heterocycles. The Balaban J connectivity index is 3.65. The minimum Gasteiger partial charge on any atom is -0.458 e. The molecule has 0 unspecified atom stereocenters. The van der Waals surface area contributed by atoms with Crippen molar-refractivity contribution in [2.45, 2.75) is 20.0 Å². The van der Waals surface area contributed by atoms with Crippen molar-refractivity contribution in [2.24, 2.45) is 5.73 Å². The highest BCUT2D eigenvalue weighted by atomic mass is 16.5. The third-order valence-electron chi connectivity index (χ3n) is 0.605. The maximum atomic E-state index is 10.5. The number of ether oxygens (including phenoxy) is 1. The highest BCUT2D eigenvalue weighted by Gasteiger charge is 2.04. The van der Waals surface area contributed by atoms with E-state index in [9.17, 15) is 4.79 Å². The van der Waals surface area contributed by atoms with Crippen molar-refractivity contribution in [1.82, 2.24) is 0 Å². The Bertz CT molecular complexity index is 129. The summed E-state index contributed by atoms with van der Waals surface area (Å²) in [6.45, 7) is 6.71. The maximum Gasteiger partial charge on any atom is 0.353 e. The summed E-state index contributed by atoms with van der Waals surface area (Å²) in [5.74, 6) is -0.537. The Morgan fingerprint density at radius 1 is 1.67 bits per heavy atom. The van der Waals surface area contributed by atoms with Crippen LogP contribution in [0.1, 0.15) is 13.8 Å². The molecule has 0 heterocycles. The van der Waals surface area contributed by atoms with Gasteiger partial charge in [0.2, 0.25) is 0 Å². The lowest BCUT2D eigenvalue weighted by atomic mass is 10.4. The Hall–Kier alpha value is -0.990. The molecule has 0 aromatic rings. The molecule has 3 heteroatoms. The third-order valence-corrected chi connectivity index (χ3v) is 0.605. The van der Waals surface area contributed by atoms with Gasteiger partial charge >= 0.3 is 5.97 Å². The molecule has 3 nitrogen and oxygen atoms in total. The highest BCUT2D eigenvalue weighted by Crippen LogP contribution is 1.91. The van der Waals surface area contributed by atoms with E-state index < -0.39 is 5.97 Å². The van der Waals surface area contributed by atoms with Gasteiger partial charge in [-0.05, 0) is 13.8 Å². The second-order valence-corrected chi connectivity index (χ2v) is 1.98. The molecule has 52 valence electrons. The van der Waals surface area contributed by atoms with E-state index in [4.69, 9.17) is 5.73 Å². The summed E-state index contributed by atoms with van der Waals surface area (Å²) in [6.07, 6.45) is -0.127. The van der Waals surface area contributed by atoms with Crippen molar-refractivity contribution in [2.75, 3.05) is 0 Å². The monoisotopic (exact) mass is 129 g/mol. The van der Waals surface area contributed by atoms with E-state index in [1.165, 1.54) is 0 Å². The first-order chi connectivity index (χ1) is 4.04. The van der Waals surface area contributed by atoms with Gasteiger partial charge in [-0.15, -0.1) is 0 Å². The van der Waals surface area contributed by atoms with Crippen molar-refractivity contribution >= 4 is 5.97 Å². The lowest BCUT2D eigenvalue weighted by Crippen LogP contribution is -2.17. The van der Waals surface area contributed by atoms with Gasteiger partial charge in [-0.25, -0.2) is 4.79 Å². The average Bonchev–Trinajstić information content (AvgIpc) is 1.63. The zero-order chi connectivity index (χ0) is 7.44. The molecule has 0 aliphatic heterocycles. The third kappa shape index (κ3) is 3.58. The van der Waals surface area contributed by atoms with Crippen LogP contribution in [-0.4, -0.2) is 12.1 Å². The molecular formula is C6H11NO2. The summed E-state index contributed by atoms with van der Waals surface area (Å²) in [5, 5.41) is 0. The molecule has 0 aliphatic carbocycles. The molecule has 2 N–H and O–H groups in total. The first-order valence-electron chi connectivity index (χ1n) is 2.69. The van der Waals surface area contributed by atoms with Crippen LogP contribution >= 0.6 is 0 Å². The summed E-state index contributed by atoms with van der Waals surface area (Å²) in [7, 11) is 0. The van der Waals surface area contributed by atoms with E-state index >= 15 is 0 Å². The molecule has 0 radical (unpaired) electrons. The van der Waals surface area contributed by atoms with Gasteiger partial charge in [-0.2, -0.15) is 0 Å². The van der Waals surface area contributed by atoms with Gasteiger partial charge in [-0.1, -0.05) is 6.58 Å². The Kier molecular flexibility index (Phi) is 2.78. The Morgan fingerprint density at radius 2 is 2.11 bits per heavy atom. The van der Waals surface area contributed by atoms with Gasteiger partial charge in [0.25, 0.3) is 0 Å². The largest absolute Gasteiger partial charge is 0.458 e. The predicted octanol–water partition coefficient (Wildman–Crippen LogP) is 0.410. The average molecular weight is 129 g/mol. The number of rotatable bonds is 2. The molecule has 0 spiro atoms. The molecule has 0 fully saturated rings. The van der Waals surface area contributed by atoms with E-state index in [-0.39, 0.29) is 11.8 Å². The zero-order valence-corrected chi connectivity index (χ0v) is 5.68. The predicted molar refractivity (Wildman–Crippen MR) is 34.6 cm³/mol. The van der Waals surface area contributed by atoms with Gasteiger partial charge in [-0.3, -0.25) is 0 Å². The van der Waals surface area contributed by atoms with Crippen molar-refractivity contribution in [3.8, 4) is 0 Å². The molecule has 0 aromatic carbocycles. The molecule has 0 atom stereocenters. The summed E-state index contributed by atoms with van der Waals surface area (Å²) < 4.78 is 4.65. The number of hydrogen-bond donors (Lipinski definition) is 1. The first kappa shape index (κ1) is 8.01. The van der Waals surface area contributed by atoms with Gasteiger partial charge in [0.05, 0.1) is 6.10 Å². The van der Waals surface area contributed by atoms with Crippen LogP contribution in [0.2, 0.25) is 0 Å². The van der Waals surface area contributed by atoms with Crippen LogP contribution in [0.5, 0.6) is 0 Å². The molecule has 0 bridgehead atoms. The summed E-state index contributed by atoms with van der Waals surface area (Å²) in [4.78, 5) is 10.5. The lowest BCUT2D eigenvalue weighted by molar-refractivity contribution is -0.142. The van der Waals surface area contributed by atoms with Gasteiger partial charge in [0.1, 0.15) is 5.70 Å². The standard InChI is InChI=1S/C6H11NO2/c1-4(2)9-6(8)5(3)7/h4H,3,7H2,1-2H3. The minimum absolute atomic E-state index is 0.0521. The summed E-state index contributed by atoms with van der Waals surface area (Å²) >= 11 is 0. The lowest BCUT2D eigenvalue weighted by Gasteiger charge is -2.05. The van der Waals surface area contributed by atoms with Crippen molar-refractivity contribution in [3.63, 3.8) is 0 Å². The number of esters is 1. The van der Waals surface area contributed by atoms with Gasteiger partial charge in [0.15, 0.2) is 0 Å². The fraction of sp³-hybridized carbons (Fsp3) is 0.500. The molecule has 0 rings (SSSR count). The molecule has 0 saturated carbocycles. The molecule has 0 saturated heterocycles. The number of nitrogens with two attached hydrogens (primary N) is 1. The fourth-order valence-corrected chi connectivity index (χ4v) is 0.290. The summed E-state index contributed by atoms with van der Waals surface area (Å²) in [5.41, 5.74) is 4.96. The number of carbonyl (C=O) groups is 1. The first-order valence-corrected chi connectivity index (χ1v) is 2.69. The molecular weight excluding hydrogens is 118 g/mol. The second-order valence-electron chi connectivity index (χ2n) is 1.98. The van der Waals surface area contributed by atoms with Crippen LogP contribution in [0, 0.1) is 0 Å². The van der Waals surface area contributed by atoms with Crippen molar-refractivity contribution in [3.05, 3.63) is 12.3 Å². The summed E-state index contributed by atoms with van der Waals surface area (Å²) in [6, 6.07) is 0. The van der Waals surface area contributed by atoms with E-state index in [2.05, 4.69) is 11.3 Å². The van der Waals surface area contributed by atoms with Crippen LogP contribution < -0.4 is 5.73 Å². The van der Waals surface area contributed by atoms with Crippen LogP contribution in [-0.2, 0) is 9.53 Å². The zero-order valence-electron chi connectivity index (χ0n) is 5.68. The van der Waals surface area contributed by atoms with Crippen molar-refractivity contribution < 1.29 is 9.53 Å². The van der Waals surface area contributed by atoms with E-state index in [0.717, 1.165) is 0 Å². The minimum atomic E-state index is -0.537. The second kappa shape index (κ2) is 3.12. The molecule has 9 heavy (non-hydrogen) atoms. The SMILES string of the molecule is C=C(N)C(=O)OC(C)C. The van der Waals surface area contributed by atoms with Crippen LogP contribution in [0.4, 0.5) is 0 Å². The van der Waals surface area contributed by atoms with Gasteiger partial charge < -0.3 is 10.5 Å². The molecule has 0 amide bonds. The Labute approximate surface area is 54.5 Å².